The van der Waals surface area contributed by atoms with Gasteiger partial charge in [0, 0.05) is 6.07 Å². The minimum atomic E-state index is -3.70. The molecule has 31 heavy (non-hydrogen) atoms. The lowest BCUT2D eigenvalue weighted by molar-refractivity contribution is -0.120. The van der Waals surface area contributed by atoms with Crippen molar-refractivity contribution in [1.82, 2.24) is 5.32 Å². The summed E-state index contributed by atoms with van der Waals surface area (Å²) in [5, 5.41) is 2.98. The number of rotatable bonds is 9. The molecule has 0 saturated heterocycles. The van der Waals surface area contributed by atoms with E-state index in [1.807, 2.05) is 24.3 Å². The number of sulfonamides is 1. The molecule has 8 nitrogen and oxygen atoms in total. The predicted octanol–water partition coefficient (Wildman–Crippen LogP) is 3.09. The second kappa shape index (κ2) is 9.47. The number of benzene rings is 2. The van der Waals surface area contributed by atoms with Gasteiger partial charge in [0.1, 0.15) is 12.3 Å². The van der Waals surface area contributed by atoms with Gasteiger partial charge in [-0.2, -0.15) is 0 Å². The van der Waals surface area contributed by atoms with Crippen LogP contribution in [0.25, 0.3) is 0 Å². The van der Waals surface area contributed by atoms with Crippen LogP contribution in [0.1, 0.15) is 31.9 Å². The zero-order chi connectivity index (χ0) is 22.6. The molecule has 2 aromatic rings. The van der Waals surface area contributed by atoms with E-state index in [1.165, 1.54) is 0 Å². The zero-order valence-electron chi connectivity index (χ0n) is 18.1. The summed E-state index contributed by atoms with van der Waals surface area (Å²) < 4.78 is 41.7. The van der Waals surface area contributed by atoms with E-state index in [9.17, 15) is 13.2 Å². The number of nitrogens with one attached hydrogen (secondary N) is 1. The number of carbonyl (C=O) groups is 1. The first kappa shape index (κ1) is 22.7. The maximum absolute atomic E-state index is 12.9. The van der Waals surface area contributed by atoms with Crippen LogP contribution in [0.5, 0.6) is 17.2 Å². The molecule has 1 heterocycles. The fourth-order valence-corrected chi connectivity index (χ4v) is 4.25. The predicted molar refractivity (Wildman–Crippen MR) is 118 cm³/mol. The Balaban J connectivity index is 1.79. The van der Waals surface area contributed by atoms with Crippen LogP contribution in [0.4, 0.5) is 5.69 Å². The van der Waals surface area contributed by atoms with Gasteiger partial charge in [-0.3, -0.25) is 9.10 Å². The molecule has 1 amide bonds. The first-order chi connectivity index (χ1) is 14.7. The molecule has 3 rings (SSSR count). The summed E-state index contributed by atoms with van der Waals surface area (Å²) in [6, 6.07) is 12.0. The summed E-state index contributed by atoms with van der Waals surface area (Å²) in [5.74, 6) is 1.64. The maximum Gasteiger partial charge on any atom is 0.241 e. The van der Waals surface area contributed by atoms with E-state index < -0.39 is 15.9 Å². The zero-order valence-corrected chi connectivity index (χ0v) is 18.9. The fourth-order valence-electron chi connectivity index (χ4n) is 3.40. The average Bonchev–Trinajstić information content (AvgIpc) is 3.18. The number of hydrogen-bond acceptors (Lipinski definition) is 6. The highest BCUT2D eigenvalue weighted by atomic mass is 32.2. The number of methoxy groups -OCH3 is 1. The van der Waals surface area contributed by atoms with Crippen LogP contribution in [-0.4, -0.2) is 41.0 Å². The van der Waals surface area contributed by atoms with Gasteiger partial charge in [-0.1, -0.05) is 26.0 Å². The summed E-state index contributed by atoms with van der Waals surface area (Å²) >= 11 is 0. The topological polar surface area (TPSA) is 94.2 Å². The molecule has 2 aromatic carbocycles. The minimum absolute atomic E-state index is 0.0802. The maximum atomic E-state index is 12.9. The van der Waals surface area contributed by atoms with Crippen molar-refractivity contribution in [3.8, 4) is 17.2 Å². The second-order valence-electron chi connectivity index (χ2n) is 7.83. The highest BCUT2D eigenvalue weighted by Crippen LogP contribution is 2.36. The molecule has 0 fully saturated rings. The van der Waals surface area contributed by atoms with Crippen molar-refractivity contribution in [3.05, 3.63) is 48.0 Å². The number of hydrogen-bond donors (Lipinski definition) is 1. The summed E-state index contributed by atoms with van der Waals surface area (Å²) in [6.45, 7) is 3.87. The van der Waals surface area contributed by atoms with Crippen LogP contribution in [0.3, 0.4) is 0 Å². The first-order valence-corrected chi connectivity index (χ1v) is 11.8. The smallest absolute Gasteiger partial charge is 0.241 e. The molecule has 0 radical (unpaired) electrons. The Morgan fingerprint density at radius 3 is 2.42 bits per heavy atom. The van der Waals surface area contributed by atoms with Crippen molar-refractivity contribution in [2.45, 2.75) is 26.3 Å². The van der Waals surface area contributed by atoms with E-state index >= 15 is 0 Å². The van der Waals surface area contributed by atoms with Gasteiger partial charge in [0.05, 0.1) is 25.1 Å². The van der Waals surface area contributed by atoms with E-state index in [1.54, 1.807) is 25.3 Å². The van der Waals surface area contributed by atoms with Crippen LogP contribution in [0, 0.1) is 5.92 Å². The lowest BCUT2D eigenvalue weighted by atomic mass is 9.97. The number of carbonyl (C=O) groups excluding carboxylic acids is 1. The fraction of sp³-hybridized carbons (Fsp3) is 0.409. The van der Waals surface area contributed by atoms with Crippen molar-refractivity contribution in [2.24, 2.45) is 5.92 Å². The van der Waals surface area contributed by atoms with E-state index in [0.29, 0.717) is 29.5 Å². The minimum Gasteiger partial charge on any atom is -0.497 e. The molecule has 0 saturated carbocycles. The lowest BCUT2D eigenvalue weighted by Crippen LogP contribution is -2.41. The number of ether oxygens (including phenoxy) is 3. The number of nitrogens with zero attached hydrogens (tertiary/aromatic N) is 1. The first-order valence-electron chi connectivity index (χ1n) is 9.98. The third-order valence-electron chi connectivity index (χ3n) is 4.89. The van der Waals surface area contributed by atoms with Crippen LogP contribution < -0.4 is 23.8 Å². The molecule has 0 aliphatic carbocycles. The molecule has 0 aromatic heterocycles. The normalized spacial score (nSPS) is 13.7. The van der Waals surface area contributed by atoms with E-state index in [0.717, 1.165) is 21.9 Å². The molecular weight excluding hydrogens is 420 g/mol. The van der Waals surface area contributed by atoms with E-state index in [-0.39, 0.29) is 19.4 Å². The molecule has 1 N–H and O–H groups in total. The Kier molecular flexibility index (Phi) is 6.94. The van der Waals surface area contributed by atoms with Crippen LogP contribution in [-0.2, 0) is 14.8 Å². The number of amides is 1. The van der Waals surface area contributed by atoms with E-state index in [4.69, 9.17) is 14.2 Å². The molecule has 1 aliphatic heterocycles. The summed E-state index contributed by atoms with van der Waals surface area (Å²) in [6.07, 6.45) is 1.78. The second-order valence-corrected chi connectivity index (χ2v) is 9.74. The largest absolute Gasteiger partial charge is 0.497 e. The SMILES string of the molecule is COc1ccc([C@@H](CC(C)C)NC(=O)CN(c2ccc3c(c2)OCO3)S(C)(=O)=O)cc1. The van der Waals surface area contributed by atoms with Crippen molar-refractivity contribution in [3.63, 3.8) is 0 Å². The van der Waals surface area contributed by atoms with Gasteiger partial charge in [0.15, 0.2) is 11.5 Å². The van der Waals surface area contributed by atoms with Gasteiger partial charge >= 0.3 is 0 Å². The molecule has 1 aliphatic rings. The summed E-state index contributed by atoms with van der Waals surface area (Å²) in [7, 11) is -2.11. The van der Waals surface area contributed by atoms with Gasteiger partial charge in [-0.05, 0) is 42.2 Å². The molecule has 9 heteroatoms. The van der Waals surface area contributed by atoms with Gasteiger partial charge in [-0.25, -0.2) is 8.42 Å². The molecule has 0 unspecified atom stereocenters. The summed E-state index contributed by atoms with van der Waals surface area (Å²) in [4.78, 5) is 12.9. The lowest BCUT2D eigenvalue weighted by Gasteiger charge is -2.25. The van der Waals surface area contributed by atoms with E-state index in [2.05, 4.69) is 19.2 Å². The quantitative estimate of drug-likeness (QED) is 0.634. The van der Waals surface area contributed by atoms with Crippen LogP contribution in [0.2, 0.25) is 0 Å². The molecule has 1 atom stereocenters. The third-order valence-corrected chi connectivity index (χ3v) is 6.03. The Morgan fingerprint density at radius 1 is 1.13 bits per heavy atom. The van der Waals surface area contributed by atoms with Crippen molar-refractivity contribution in [2.75, 3.05) is 31.0 Å². The van der Waals surface area contributed by atoms with Gasteiger partial charge in [0.2, 0.25) is 22.7 Å². The van der Waals surface area contributed by atoms with Crippen LogP contribution >= 0.6 is 0 Å². The van der Waals surface area contributed by atoms with Crippen molar-refractivity contribution < 1.29 is 27.4 Å². The Morgan fingerprint density at radius 2 is 1.81 bits per heavy atom. The highest BCUT2D eigenvalue weighted by Gasteiger charge is 2.25. The van der Waals surface area contributed by atoms with Crippen LogP contribution in [0.15, 0.2) is 42.5 Å². The molecular formula is C22H28N2O6S. The Labute approximate surface area is 183 Å². The molecule has 0 bridgehead atoms. The third kappa shape index (κ3) is 5.81. The van der Waals surface area contributed by atoms with Gasteiger partial charge < -0.3 is 19.5 Å². The molecule has 0 spiro atoms. The summed E-state index contributed by atoms with van der Waals surface area (Å²) in [5.41, 5.74) is 1.27. The van der Waals surface area contributed by atoms with Gasteiger partial charge in [0.25, 0.3) is 0 Å². The Hall–Kier alpha value is -2.94. The average molecular weight is 449 g/mol. The number of anilines is 1. The molecule has 168 valence electrons. The van der Waals surface area contributed by atoms with Crippen molar-refractivity contribution >= 4 is 21.6 Å². The number of fused-ring (bicyclic) bond motifs is 1. The van der Waals surface area contributed by atoms with Gasteiger partial charge in [-0.15, -0.1) is 0 Å². The monoisotopic (exact) mass is 448 g/mol. The highest BCUT2D eigenvalue weighted by molar-refractivity contribution is 7.92. The van der Waals surface area contributed by atoms with Crippen molar-refractivity contribution in [1.29, 1.82) is 0 Å². The standard InChI is InChI=1S/C22H28N2O6S/c1-15(2)11-19(16-5-8-18(28-3)9-6-16)23-22(25)13-24(31(4,26)27)17-7-10-20-21(12-17)30-14-29-20/h5-10,12,15,19H,11,13-14H2,1-4H3,(H,23,25)/t19-/m1/s1. The Bertz CT molecular complexity index is 1020.